The molecule has 1 atom stereocenters. The Kier molecular flexibility index (Phi) is 17.2. The standard InChI is InChI=1S/C24H32N2O4.C24H30N2O4.CH4/c2*1-24(2,3)30-23(28)26-11-9-17(10-12-26)13-19(15-22(27)29-4)20-14-18-7-5-6-8-21(18)25-16-20;/h5-8,14,16-17,19H,9-13,15H2,1-4H3;5-8,14-17H,9-13H2,1-4H3;1H4/b;19-15-;. The highest BCUT2D eigenvalue weighted by Gasteiger charge is 2.30. The Morgan fingerprint density at radius 2 is 1.20 bits per heavy atom. The van der Waals surface area contributed by atoms with Crippen molar-refractivity contribution < 1.29 is 38.1 Å². The number of fused-ring (bicyclic) bond motifs is 2. The summed E-state index contributed by atoms with van der Waals surface area (Å²) in [5.41, 5.74) is 3.79. The third-order valence-corrected chi connectivity index (χ3v) is 10.8. The van der Waals surface area contributed by atoms with Crippen LogP contribution >= 0.6 is 0 Å². The Morgan fingerprint density at radius 3 is 1.70 bits per heavy atom. The molecule has 0 radical (unpaired) electrons. The number of likely N-dealkylation sites (tertiary alicyclic amines) is 2. The van der Waals surface area contributed by atoms with Gasteiger partial charge in [0.1, 0.15) is 11.2 Å². The average Bonchev–Trinajstić information content (AvgIpc) is 3.22. The number of methoxy groups -OCH3 is 2. The second-order valence-corrected chi connectivity index (χ2v) is 17.8. The molecule has 2 aliphatic heterocycles. The van der Waals surface area contributed by atoms with Gasteiger partial charge in [-0.1, -0.05) is 43.8 Å². The van der Waals surface area contributed by atoms with Gasteiger partial charge in [-0.25, -0.2) is 14.4 Å². The number of hydrogen-bond acceptors (Lipinski definition) is 10. The molecule has 61 heavy (non-hydrogen) atoms. The van der Waals surface area contributed by atoms with Crippen molar-refractivity contribution in [2.45, 2.75) is 111 Å². The van der Waals surface area contributed by atoms with E-state index >= 15 is 0 Å². The van der Waals surface area contributed by atoms with Gasteiger partial charge in [-0.3, -0.25) is 14.8 Å². The molecule has 0 N–H and O–H groups in total. The zero-order chi connectivity index (χ0) is 43.5. The van der Waals surface area contributed by atoms with E-state index in [0.717, 1.165) is 77.0 Å². The molecular weight excluding hydrogens is 773 g/mol. The zero-order valence-electron chi connectivity index (χ0n) is 36.6. The molecule has 0 aliphatic carbocycles. The SMILES string of the molecule is C.COC(=O)/C=C(/CC1CCN(C(=O)OC(C)(C)C)CC1)c1cnc2ccccc2c1.COC(=O)CC(CC1CCN(C(=O)OC(C)(C)C)CC1)c1cnc2ccccc2c1. The molecule has 4 aromatic rings. The number of nitrogens with zero attached hydrogens (tertiary/aromatic N) is 4. The largest absolute Gasteiger partial charge is 0.469 e. The van der Waals surface area contributed by atoms with Gasteiger partial charge in [0.2, 0.25) is 0 Å². The zero-order valence-corrected chi connectivity index (χ0v) is 36.6. The molecule has 2 fully saturated rings. The van der Waals surface area contributed by atoms with E-state index in [-0.39, 0.29) is 37.5 Å². The van der Waals surface area contributed by atoms with Crippen molar-refractivity contribution in [1.29, 1.82) is 0 Å². The minimum Gasteiger partial charge on any atom is -0.469 e. The number of esters is 2. The number of hydrogen-bond donors (Lipinski definition) is 0. The number of para-hydroxylation sites is 2. The maximum Gasteiger partial charge on any atom is 0.410 e. The van der Waals surface area contributed by atoms with E-state index in [2.05, 4.69) is 22.1 Å². The molecule has 0 spiro atoms. The number of amides is 2. The molecule has 2 amide bonds. The number of allylic oxidation sites excluding steroid dienone is 1. The molecule has 12 nitrogen and oxygen atoms in total. The molecular formula is C49H66N4O8. The topological polar surface area (TPSA) is 137 Å². The van der Waals surface area contributed by atoms with Crippen molar-refractivity contribution in [3.63, 3.8) is 0 Å². The lowest BCUT2D eigenvalue weighted by Crippen LogP contribution is -2.41. The van der Waals surface area contributed by atoms with Gasteiger partial charge < -0.3 is 28.7 Å². The molecule has 6 rings (SSSR count). The lowest BCUT2D eigenvalue weighted by atomic mass is 9.82. The van der Waals surface area contributed by atoms with Crippen LogP contribution in [0.1, 0.15) is 111 Å². The van der Waals surface area contributed by atoms with E-state index in [9.17, 15) is 19.2 Å². The first-order valence-electron chi connectivity index (χ1n) is 21.0. The quantitative estimate of drug-likeness (QED) is 0.0910. The van der Waals surface area contributed by atoms with Crippen LogP contribution in [0, 0.1) is 11.8 Å². The van der Waals surface area contributed by atoms with Crippen molar-refractivity contribution in [3.05, 3.63) is 90.3 Å². The normalized spacial score (nSPS) is 15.8. The van der Waals surface area contributed by atoms with Crippen LogP contribution in [-0.4, -0.2) is 95.5 Å². The summed E-state index contributed by atoms with van der Waals surface area (Å²) in [5.74, 6) is 0.271. The van der Waals surface area contributed by atoms with Crippen LogP contribution in [-0.2, 0) is 28.5 Å². The van der Waals surface area contributed by atoms with E-state index in [1.165, 1.54) is 14.2 Å². The van der Waals surface area contributed by atoms with E-state index in [0.29, 0.717) is 44.4 Å². The van der Waals surface area contributed by atoms with Crippen molar-refractivity contribution >= 4 is 51.5 Å². The molecule has 12 heteroatoms. The van der Waals surface area contributed by atoms with Crippen LogP contribution in [0.15, 0.2) is 79.1 Å². The van der Waals surface area contributed by atoms with Crippen LogP contribution in [0.4, 0.5) is 9.59 Å². The van der Waals surface area contributed by atoms with Crippen molar-refractivity contribution in [3.8, 4) is 0 Å². The van der Waals surface area contributed by atoms with E-state index in [1.54, 1.807) is 15.9 Å². The monoisotopic (exact) mass is 838 g/mol. The number of carbonyl (C=O) groups is 4. The maximum atomic E-state index is 12.3. The minimum absolute atomic E-state index is 0. The summed E-state index contributed by atoms with van der Waals surface area (Å²) in [6.45, 7) is 13.9. The number of pyridine rings is 2. The van der Waals surface area contributed by atoms with Crippen LogP contribution in [0.3, 0.4) is 0 Å². The fraction of sp³-hybridized carbons (Fsp3) is 0.510. The predicted molar refractivity (Wildman–Crippen MR) is 240 cm³/mol. The summed E-state index contributed by atoms with van der Waals surface area (Å²) >= 11 is 0. The van der Waals surface area contributed by atoms with Crippen molar-refractivity contribution in [2.24, 2.45) is 11.8 Å². The summed E-state index contributed by atoms with van der Waals surface area (Å²) in [6.07, 6.45) is 10.2. The summed E-state index contributed by atoms with van der Waals surface area (Å²) in [7, 11) is 2.81. The van der Waals surface area contributed by atoms with E-state index < -0.39 is 11.2 Å². The third-order valence-electron chi connectivity index (χ3n) is 10.8. The van der Waals surface area contributed by atoms with E-state index in [1.807, 2.05) is 102 Å². The highest BCUT2D eigenvalue weighted by Crippen LogP contribution is 2.34. The van der Waals surface area contributed by atoms with Gasteiger partial charge in [0.05, 0.1) is 31.7 Å². The lowest BCUT2D eigenvalue weighted by molar-refractivity contribution is -0.141. The van der Waals surface area contributed by atoms with Crippen molar-refractivity contribution in [1.82, 2.24) is 19.8 Å². The van der Waals surface area contributed by atoms with Crippen LogP contribution in [0.5, 0.6) is 0 Å². The van der Waals surface area contributed by atoms with Crippen molar-refractivity contribution in [2.75, 3.05) is 40.4 Å². The second-order valence-electron chi connectivity index (χ2n) is 17.8. The van der Waals surface area contributed by atoms with Gasteiger partial charge in [0.25, 0.3) is 0 Å². The fourth-order valence-corrected chi connectivity index (χ4v) is 7.68. The van der Waals surface area contributed by atoms with Crippen LogP contribution < -0.4 is 0 Å². The first-order chi connectivity index (χ1) is 28.5. The van der Waals surface area contributed by atoms with Gasteiger partial charge in [-0.05, 0) is 139 Å². The summed E-state index contributed by atoms with van der Waals surface area (Å²) < 4.78 is 20.8. The highest BCUT2D eigenvalue weighted by atomic mass is 16.6. The summed E-state index contributed by atoms with van der Waals surface area (Å²) in [6, 6.07) is 20.1. The van der Waals surface area contributed by atoms with Gasteiger partial charge in [0.15, 0.2) is 0 Å². The number of ether oxygens (including phenoxy) is 4. The fourth-order valence-electron chi connectivity index (χ4n) is 7.68. The molecule has 4 heterocycles. The highest BCUT2D eigenvalue weighted by molar-refractivity contribution is 5.93. The first kappa shape index (κ1) is 48.1. The smallest absolute Gasteiger partial charge is 0.410 e. The summed E-state index contributed by atoms with van der Waals surface area (Å²) in [5, 5.41) is 2.11. The number of benzene rings is 2. The predicted octanol–water partition coefficient (Wildman–Crippen LogP) is 10.4. The second kappa shape index (κ2) is 21.8. The van der Waals surface area contributed by atoms with Gasteiger partial charge in [-0.2, -0.15) is 0 Å². The Hall–Kier alpha value is -5.52. The van der Waals surface area contributed by atoms with Crippen LogP contribution in [0.25, 0.3) is 27.4 Å². The molecule has 2 saturated heterocycles. The Morgan fingerprint density at radius 1 is 0.705 bits per heavy atom. The third kappa shape index (κ3) is 14.9. The van der Waals surface area contributed by atoms with Gasteiger partial charge in [0, 0.05) is 55.4 Å². The number of piperidine rings is 2. The van der Waals surface area contributed by atoms with Gasteiger partial charge in [-0.15, -0.1) is 0 Å². The molecule has 1 unspecified atom stereocenters. The number of aromatic nitrogens is 2. The number of carbonyl (C=O) groups excluding carboxylic acids is 4. The molecule has 2 aliphatic rings. The Labute approximate surface area is 362 Å². The maximum absolute atomic E-state index is 12.3. The van der Waals surface area contributed by atoms with E-state index in [4.69, 9.17) is 18.9 Å². The Bertz CT molecular complexity index is 2120. The molecule has 2 aromatic carbocycles. The molecule has 330 valence electrons. The van der Waals surface area contributed by atoms with Gasteiger partial charge >= 0.3 is 24.1 Å². The minimum atomic E-state index is -0.493. The average molecular weight is 839 g/mol. The number of rotatable bonds is 9. The molecule has 2 aromatic heterocycles. The molecule has 0 saturated carbocycles. The molecule has 0 bridgehead atoms. The Balaban J connectivity index is 0.000000264. The first-order valence-corrected chi connectivity index (χ1v) is 21.0. The summed E-state index contributed by atoms with van der Waals surface area (Å²) in [4.78, 5) is 61.3. The lowest BCUT2D eigenvalue weighted by Gasteiger charge is -2.34. The van der Waals surface area contributed by atoms with Crippen LogP contribution in [0.2, 0.25) is 0 Å².